The summed E-state index contributed by atoms with van der Waals surface area (Å²) in [5, 5.41) is 7.34. The summed E-state index contributed by atoms with van der Waals surface area (Å²) in [6, 6.07) is 4.74. The smallest absolute Gasteiger partial charge is 0.256 e. The number of benzene rings is 1. The zero-order valence-corrected chi connectivity index (χ0v) is 18.4. The summed E-state index contributed by atoms with van der Waals surface area (Å²) in [6.45, 7) is 6.28. The molecule has 7 nitrogen and oxygen atoms in total. The maximum atomic E-state index is 12.8. The van der Waals surface area contributed by atoms with Crippen LogP contribution in [-0.4, -0.2) is 34.6 Å². The van der Waals surface area contributed by atoms with Crippen LogP contribution in [0.5, 0.6) is 0 Å². The van der Waals surface area contributed by atoms with E-state index in [1.807, 2.05) is 13.0 Å². The largest absolute Gasteiger partial charge is 0.347 e. The number of piperidine rings is 1. The van der Waals surface area contributed by atoms with Crippen molar-refractivity contribution in [3.05, 3.63) is 62.3 Å². The Balaban J connectivity index is 1.43. The molecule has 160 valence electrons. The first-order valence-corrected chi connectivity index (χ1v) is 11.0. The highest BCUT2D eigenvalue weighted by Gasteiger charge is 2.40. The van der Waals surface area contributed by atoms with E-state index in [0.717, 1.165) is 16.0 Å². The Morgan fingerprint density at radius 3 is 2.84 bits per heavy atom. The summed E-state index contributed by atoms with van der Waals surface area (Å²) >= 11 is 7.62. The number of hydrogen-bond donors (Lipinski definition) is 2. The van der Waals surface area contributed by atoms with E-state index in [0.29, 0.717) is 22.6 Å². The third kappa shape index (κ3) is 4.00. The van der Waals surface area contributed by atoms with Gasteiger partial charge in [0, 0.05) is 39.4 Å². The topological polar surface area (TPSA) is 95.6 Å². The summed E-state index contributed by atoms with van der Waals surface area (Å²) in [7, 11) is 0. The number of amides is 4. The SMILES string of the molecule is C=C(C(=O)NCc1scc2c1CN(C1CCC(=O)NC1=O)C2=O)c1ccc(C)cc1Cl. The van der Waals surface area contributed by atoms with E-state index in [2.05, 4.69) is 17.2 Å². The highest BCUT2D eigenvalue weighted by Crippen LogP contribution is 2.34. The average Bonchev–Trinajstić information content (AvgIpc) is 3.26. The maximum absolute atomic E-state index is 12.8. The summed E-state index contributed by atoms with van der Waals surface area (Å²) < 4.78 is 0. The zero-order valence-electron chi connectivity index (χ0n) is 16.8. The zero-order chi connectivity index (χ0) is 22.3. The Hall–Kier alpha value is -2.97. The summed E-state index contributed by atoms with van der Waals surface area (Å²) in [6.07, 6.45) is 0.521. The Labute approximate surface area is 188 Å². The van der Waals surface area contributed by atoms with E-state index in [1.54, 1.807) is 17.5 Å². The van der Waals surface area contributed by atoms with E-state index in [9.17, 15) is 19.2 Å². The first-order chi connectivity index (χ1) is 14.8. The van der Waals surface area contributed by atoms with Gasteiger partial charge < -0.3 is 10.2 Å². The van der Waals surface area contributed by atoms with Gasteiger partial charge in [-0.25, -0.2) is 0 Å². The molecule has 1 unspecified atom stereocenters. The van der Waals surface area contributed by atoms with Gasteiger partial charge in [0.05, 0.1) is 12.1 Å². The fourth-order valence-electron chi connectivity index (χ4n) is 3.81. The van der Waals surface area contributed by atoms with E-state index >= 15 is 0 Å². The number of nitrogens with zero attached hydrogens (tertiary/aromatic N) is 1. The number of halogens is 1. The quantitative estimate of drug-likeness (QED) is 0.533. The molecule has 31 heavy (non-hydrogen) atoms. The number of fused-ring (bicyclic) bond motifs is 1. The van der Waals surface area contributed by atoms with Crippen molar-refractivity contribution in [2.75, 3.05) is 0 Å². The van der Waals surface area contributed by atoms with Crippen molar-refractivity contribution in [1.82, 2.24) is 15.5 Å². The molecular formula is C22H20ClN3O4S. The number of hydrogen-bond acceptors (Lipinski definition) is 5. The fourth-order valence-corrected chi connectivity index (χ4v) is 5.13. The number of thiophene rings is 1. The molecule has 2 N–H and O–H groups in total. The first kappa shape index (κ1) is 21.3. The molecule has 2 aromatic rings. The molecule has 1 aromatic heterocycles. The van der Waals surface area contributed by atoms with Crippen LogP contribution in [0.15, 0.2) is 30.2 Å². The minimum atomic E-state index is -0.659. The van der Waals surface area contributed by atoms with Gasteiger partial charge in [-0.1, -0.05) is 30.3 Å². The molecule has 1 aromatic carbocycles. The molecule has 3 heterocycles. The second kappa shape index (κ2) is 8.28. The number of carbonyl (C=O) groups is 4. The lowest BCUT2D eigenvalue weighted by Gasteiger charge is -2.29. The molecule has 1 saturated heterocycles. The standard InChI is InChI=1S/C22H20ClN3O4S/c1-11-3-4-13(16(23)7-11)12(2)20(28)24-8-18-14-9-26(22(30)15(14)10-31-18)17-5-6-19(27)25-21(17)29/h3-4,7,10,17H,2,5-6,8-9H2,1H3,(H,24,28)(H,25,27,29). The number of nitrogens with one attached hydrogen (secondary N) is 2. The Kier molecular flexibility index (Phi) is 5.68. The Morgan fingerprint density at radius 2 is 2.13 bits per heavy atom. The highest BCUT2D eigenvalue weighted by atomic mass is 35.5. The summed E-state index contributed by atoms with van der Waals surface area (Å²) in [5.41, 5.74) is 3.17. The molecule has 4 amide bonds. The lowest BCUT2D eigenvalue weighted by Crippen LogP contribution is -2.52. The summed E-state index contributed by atoms with van der Waals surface area (Å²) in [4.78, 5) is 51.3. The van der Waals surface area contributed by atoms with Crippen LogP contribution in [0.3, 0.4) is 0 Å². The lowest BCUT2D eigenvalue weighted by atomic mass is 10.0. The van der Waals surface area contributed by atoms with E-state index < -0.39 is 11.9 Å². The van der Waals surface area contributed by atoms with Gasteiger partial charge in [0.2, 0.25) is 11.8 Å². The molecular weight excluding hydrogens is 438 g/mol. The van der Waals surface area contributed by atoms with Crippen LogP contribution in [0.25, 0.3) is 5.57 Å². The third-order valence-electron chi connectivity index (χ3n) is 5.52. The van der Waals surface area contributed by atoms with Gasteiger partial charge in [-0.15, -0.1) is 11.3 Å². The second-order valence-electron chi connectivity index (χ2n) is 7.60. The lowest BCUT2D eigenvalue weighted by molar-refractivity contribution is -0.136. The van der Waals surface area contributed by atoms with Crippen LogP contribution >= 0.6 is 22.9 Å². The van der Waals surface area contributed by atoms with Crippen molar-refractivity contribution in [2.24, 2.45) is 0 Å². The second-order valence-corrected chi connectivity index (χ2v) is 8.97. The molecule has 0 saturated carbocycles. The van der Waals surface area contributed by atoms with Crippen molar-refractivity contribution in [3.8, 4) is 0 Å². The number of aryl methyl sites for hydroxylation is 1. The number of carbonyl (C=O) groups excluding carboxylic acids is 4. The van der Waals surface area contributed by atoms with Gasteiger partial charge >= 0.3 is 0 Å². The average molecular weight is 458 g/mol. The number of imide groups is 1. The minimum absolute atomic E-state index is 0.208. The molecule has 2 aliphatic heterocycles. The molecule has 0 bridgehead atoms. The van der Waals surface area contributed by atoms with Crippen molar-refractivity contribution in [2.45, 2.75) is 38.9 Å². The van der Waals surface area contributed by atoms with Crippen LogP contribution < -0.4 is 10.6 Å². The molecule has 0 radical (unpaired) electrons. The van der Waals surface area contributed by atoms with Gasteiger partial charge in [-0.3, -0.25) is 24.5 Å². The minimum Gasteiger partial charge on any atom is -0.347 e. The van der Waals surface area contributed by atoms with E-state index in [4.69, 9.17) is 11.6 Å². The molecule has 9 heteroatoms. The Morgan fingerprint density at radius 1 is 1.35 bits per heavy atom. The van der Waals surface area contributed by atoms with Crippen molar-refractivity contribution in [1.29, 1.82) is 0 Å². The maximum Gasteiger partial charge on any atom is 0.256 e. The summed E-state index contributed by atoms with van der Waals surface area (Å²) in [5.74, 6) is -1.34. The monoisotopic (exact) mass is 457 g/mol. The molecule has 4 rings (SSSR count). The molecule has 1 atom stereocenters. The van der Waals surface area contributed by atoms with Gasteiger partial charge in [-0.2, -0.15) is 0 Å². The highest BCUT2D eigenvalue weighted by molar-refractivity contribution is 7.10. The third-order valence-corrected chi connectivity index (χ3v) is 6.86. The Bertz CT molecular complexity index is 1140. The molecule has 1 fully saturated rings. The number of rotatable bonds is 5. The van der Waals surface area contributed by atoms with Crippen molar-refractivity contribution < 1.29 is 19.2 Å². The van der Waals surface area contributed by atoms with Crippen LogP contribution in [0.1, 0.15) is 44.8 Å². The van der Waals surface area contributed by atoms with Crippen LogP contribution in [0.2, 0.25) is 5.02 Å². The first-order valence-electron chi connectivity index (χ1n) is 9.73. The molecule has 0 spiro atoms. The van der Waals surface area contributed by atoms with Crippen LogP contribution in [-0.2, 0) is 27.5 Å². The van der Waals surface area contributed by atoms with Gasteiger partial charge in [0.1, 0.15) is 6.04 Å². The van der Waals surface area contributed by atoms with E-state index in [-0.39, 0.29) is 42.8 Å². The van der Waals surface area contributed by atoms with Gasteiger partial charge in [0.15, 0.2) is 0 Å². The predicted molar refractivity (Wildman–Crippen MR) is 117 cm³/mol. The fraction of sp³-hybridized carbons (Fsp3) is 0.273. The van der Waals surface area contributed by atoms with Gasteiger partial charge in [-0.05, 0) is 30.5 Å². The van der Waals surface area contributed by atoms with Crippen molar-refractivity contribution >= 4 is 52.1 Å². The predicted octanol–water partition coefficient (Wildman–Crippen LogP) is 2.80. The van der Waals surface area contributed by atoms with Crippen LogP contribution in [0, 0.1) is 6.92 Å². The van der Waals surface area contributed by atoms with Crippen LogP contribution in [0.4, 0.5) is 0 Å². The molecule has 0 aliphatic carbocycles. The van der Waals surface area contributed by atoms with Crippen molar-refractivity contribution in [3.63, 3.8) is 0 Å². The normalized spacial score (nSPS) is 18.1. The molecule has 2 aliphatic rings. The van der Waals surface area contributed by atoms with Gasteiger partial charge in [0.25, 0.3) is 11.8 Å². The van der Waals surface area contributed by atoms with E-state index in [1.165, 1.54) is 16.2 Å².